The van der Waals surface area contributed by atoms with Crippen molar-refractivity contribution in [3.63, 3.8) is 0 Å². The number of hydrogen-bond donors (Lipinski definition) is 1. The molecule has 0 fully saturated rings. The van der Waals surface area contributed by atoms with Gasteiger partial charge in [-0.3, -0.25) is 13.9 Å². The number of carbonyl (C=O) groups excluding carboxylic acids is 2. The van der Waals surface area contributed by atoms with Gasteiger partial charge in [-0.1, -0.05) is 60.2 Å². The highest BCUT2D eigenvalue weighted by Gasteiger charge is 2.29. The maximum absolute atomic E-state index is 13.4. The molecule has 0 heterocycles. The van der Waals surface area contributed by atoms with Crippen LogP contribution in [0, 0.1) is 6.92 Å². The van der Waals surface area contributed by atoms with E-state index in [1.165, 1.54) is 11.9 Å². The summed E-state index contributed by atoms with van der Waals surface area (Å²) in [5, 5.41) is 2.56. The maximum atomic E-state index is 13.4. The van der Waals surface area contributed by atoms with Gasteiger partial charge in [-0.15, -0.1) is 0 Å². The number of likely N-dealkylation sites (N-methyl/N-ethyl adjacent to an activating group) is 1. The second-order valence-corrected chi connectivity index (χ2v) is 10.7. The van der Waals surface area contributed by atoms with Crippen LogP contribution in [-0.2, 0) is 32.8 Å². The molecule has 0 aliphatic heterocycles. The van der Waals surface area contributed by atoms with E-state index in [0.29, 0.717) is 18.0 Å². The lowest BCUT2D eigenvalue weighted by Crippen LogP contribution is -2.50. The third-order valence-electron chi connectivity index (χ3n) is 5.94. The van der Waals surface area contributed by atoms with Gasteiger partial charge in [0.05, 0.1) is 11.9 Å². The van der Waals surface area contributed by atoms with Crippen molar-refractivity contribution in [3.05, 3.63) is 95.6 Å². The number of aryl methyl sites for hydroxylation is 1. The summed E-state index contributed by atoms with van der Waals surface area (Å²) >= 11 is 0. The summed E-state index contributed by atoms with van der Waals surface area (Å²) in [5.41, 5.74) is 3.24. The zero-order chi connectivity index (χ0) is 27.0. The van der Waals surface area contributed by atoms with Gasteiger partial charge in [-0.2, -0.15) is 0 Å². The molecule has 0 aromatic heterocycles. The first kappa shape index (κ1) is 27.7. The maximum Gasteiger partial charge on any atom is 0.244 e. The van der Waals surface area contributed by atoms with Crippen LogP contribution in [0.5, 0.6) is 5.75 Å². The summed E-state index contributed by atoms with van der Waals surface area (Å²) < 4.78 is 32.2. The van der Waals surface area contributed by atoms with E-state index in [1.807, 2.05) is 61.5 Å². The van der Waals surface area contributed by atoms with Crippen molar-refractivity contribution in [2.24, 2.45) is 0 Å². The number of nitrogens with zero attached hydrogens (tertiary/aromatic N) is 2. The van der Waals surface area contributed by atoms with Crippen LogP contribution in [0.3, 0.4) is 0 Å². The Hall–Kier alpha value is -3.85. The van der Waals surface area contributed by atoms with Crippen LogP contribution in [0.2, 0.25) is 0 Å². The van der Waals surface area contributed by atoms with Gasteiger partial charge in [-0.25, -0.2) is 8.42 Å². The molecule has 9 heteroatoms. The number of amides is 2. The van der Waals surface area contributed by atoms with Gasteiger partial charge in [-0.05, 0) is 49.2 Å². The van der Waals surface area contributed by atoms with Gasteiger partial charge < -0.3 is 15.0 Å². The van der Waals surface area contributed by atoms with E-state index >= 15 is 0 Å². The van der Waals surface area contributed by atoms with Gasteiger partial charge >= 0.3 is 0 Å². The number of sulfonamides is 1. The monoisotopic (exact) mass is 523 g/mol. The molecule has 0 aliphatic carbocycles. The third-order valence-corrected chi connectivity index (χ3v) is 7.08. The Morgan fingerprint density at radius 2 is 1.54 bits per heavy atom. The zero-order valence-electron chi connectivity index (χ0n) is 21.5. The molecule has 1 atom stereocenters. The highest BCUT2D eigenvalue weighted by atomic mass is 32.2. The van der Waals surface area contributed by atoms with Crippen LogP contribution in [0.1, 0.15) is 23.6 Å². The molecule has 196 valence electrons. The van der Waals surface area contributed by atoms with E-state index in [0.717, 1.165) is 27.3 Å². The second-order valence-electron chi connectivity index (χ2n) is 8.84. The third kappa shape index (κ3) is 7.82. The van der Waals surface area contributed by atoms with E-state index in [4.69, 9.17) is 4.74 Å². The average molecular weight is 524 g/mol. The van der Waals surface area contributed by atoms with E-state index in [2.05, 4.69) is 5.32 Å². The molecule has 0 bridgehead atoms. The smallest absolute Gasteiger partial charge is 0.244 e. The second kappa shape index (κ2) is 12.4. The van der Waals surface area contributed by atoms with Crippen molar-refractivity contribution >= 4 is 27.5 Å². The summed E-state index contributed by atoms with van der Waals surface area (Å²) in [6, 6.07) is 23.0. The number of carbonyl (C=O) groups is 2. The predicted molar refractivity (Wildman–Crippen MR) is 145 cm³/mol. The largest absolute Gasteiger partial charge is 0.489 e. The van der Waals surface area contributed by atoms with Crippen molar-refractivity contribution in [2.45, 2.75) is 33.0 Å². The molecule has 1 N–H and O–H groups in total. The summed E-state index contributed by atoms with van der Waals surface area (Å²) in [6.07, 6.45) is 1.05. The molecule has 37 heavy (non-hydrogen) atoms. The minimum Gasteiger partial charge on any atom is -0.489 e. The molecule has 3 rings (SSSR count). The Morgan fingerprint density at radius 1 is 0.919 bits per heavy atom. The van der Waals surface area contributed by atoms with Crippen molar-refractivity contribution in [2.75, 3.05) is 24.2 Å². The molecule has 8 nitrogen and oxygen atoms in total. The summed E-state index contributed by atoms with van der Waals surface area (Å²) in [6.45, 7) is 3.67. The van der Waals surface area contributed by atoms with Gasteiger partial charge in [0.25, 0.3) is 0 Å². The average Bonchev–Trinajstić information content (AvgIpc) is 2.89. The quantitative estimate of drug-likeness (QED) is 0.415. The lowest BCUT2D eigenvalue weighted by atomic mass is 10.1. The Morgan fingerprint density at radius 3 is 2.11 bits per heavy atom. The van der Waals surface area contributed by atoms with Crippen LogP contribution in [0.25, 0.3) is 0 Å². The highest BCUT2D eigenvalue weighted by Crippen LogP contribution is 2.23. The topological polar surface area (TPSA) is 96.0 Å². The van der Waals surface area contributed by atoms with Gasteiger partial charge in [0.1, 0.15) is 24.9 Å². The first-order valence-corrected chi connectivity index (χ1v) is 13.7. The minimum absolute atomic E-state index is 0.164. The SMILES string of the molecule is CNC(=O)[C@H](C)N(Cc1ccc(C)cc1)C(=O)CN(c1ccc(OCc2ccccc2)cc1)S(C)(=O)=O. The van der Waals surface area contributed by atoms with Crippen LogP contribution in [-0.4, -0.2) is 51.0 Å². The summed E-state index contributed by atoms with van der Waals surface area (Å²) in [4.78, 5) is 27.2. The molecule has 0 unspecified atom stereocenters. The first-order chi connectivity index (χ1) is 17.6. The number of hydrogen-bond acceptors (Lipinski definition) is 5. The van der Waals surface area contributed by atoms with Gasteiger partial charge in [0.2, 0.25) is 21.8 Å². The molecular weight excluding hydrogens is 490 g/mol. The Kier molecular flexibility index (Phi) is 9.30. The number of benzene rings is 3. The number of ether oxygens (including phenoxy) is 1. The highest BCUT2D eigenvalue weighted by molar-refractivity contribution is 7.92. The minimum atomic E-state index is -3.80. The predicted octanol–water partition coefficient (Wildman–Crippen LogP) is 3.50. The van der Waals surface area contributed by atoms with Crippen LogP contribution in [0.4, 0.5) is 5.69 Å². The van der Waals surface area contributed by atoms with E-state index in [9.17, 15) is 18.0 Å². The molecule has 0 aliphatic rings. The van der Waals surface area contributed by atoms with Crippen LogP contribution >= 0.6 is 0 Å². The fraction of sp³-hybridized carbons (Fsp3) is 0.286. The normalized spacial score (nSPS) is 11.9. The van der Waals surface area contributed by atoms with E-state index in [-0.39, 0.29) is 12.5 Å². The first-order valence-electron chi connectivity index (χ1n) is 11.9. The molecular formula is C28H33N3O5S. The number of nitrogens with one attached hydrogen (secondary N) is 1. The van der Waals surface area contributed by atoms with Gasteiger partial charge in [0.15, 0.2) is 0 Å². The van der Waals surface area contributed by atoms with Crippen molar-refractivity contribution in [1.29, 1.82) is 0 Å². The fourth-order valence-electron chi connectivity index (χ4n) is 3.74. The molecule has 3 aromatic rings. The summed E-state index contributed by atoms with van der Waals surface area (Å²) in [7, 11) is -2.30. The van der Waals surface area contributed by atoms with Crippen molar-refractivity contribution in [1.82, 2.24) is 10.2 Å². The molecule has 0 saturated carbocycles. The van der Waals surface area contributed by atoms with E-state index < -0.39 is 28.5 Å². The fourth-order valence-corrected chi connectivity index (χ4v) is 4.59. The summed E-state index contributed by atoms with van der Waals surface area (Å²) in [5.74, 6) is -0.264. The molecule has 0 radical (unpaired) electrons. The molecule has 0 spiro atoms. The van der Waals surface area contributed by atoms with Crippen molar-refractivity contribution in [3.8, 4) is 5.75 Å². The van der Waals surface area contributed by atoms with Gasteiger partial charge in [0, 0.05) is 13.6 Å². The van der Waals surface area contributed by atoms with Crippen LogP contribution in [0.15, 0.2) is 78.9 Å². The lowest BCUT2D eigenvalue weighted by molar-refractivity contribution is -0.139. The zero-order valence-corrected chi connectivity index (χ0v) is 22.4. The van der Waals surface area contributed by atoms with Crippen LogP contribution < -0.4 is 14.4 Å². The standard InChI is InChI=1S/C28H33N3O5S/c1-21-10-12-23(13-11-21)18-30(22(2)28(33)29-3)27(32)19-31(37(4,34)35)25-14-16-26(17-15-25)36-20-24-8-6-5-7-9-24/h5-17,22H,18-20H2,1-4H3,(H,29,33)/t22-/m0/s1. The van der Waals surface area contributed by atoms with E-state index in [1.54, 1.807) is 31.2 Å². The Balaban J connectivity index is 1.80. The molecule has 2 amide bonds. The van der Waals surface area contributed by atoms with Crippen molar-refractivity contribution < 1.29 is 22.7 Å². The number of anilines is 1. The Bertz CT molecular complexity index is 1290. The number of rotatable bonds is 11. The molecule has 3 aromatic carbocycles. The Labute approximate surface area is 218 Å². The lowest BCUT2D eigenvalue weighted by Gasteiger charge is -2.31. The molecule has 0 saturated heterocycles.